The molecule has 0 aromatic carbocycles. The van der Waals surface area contributed by atoms with E-state index in [1.54, 1.807) is 6.08 Å². The van der Waals surface area contributed by atoms with E-state index in [0.717, 1.165) is 30.3 Å². The summed E-state index contributed by atoms with van der Waals surface area (Å²) in [5.74, 6) is -0.127. The summed E-state index contributed by atoms with van der Waals surface area (Å²) in [6.45, 7) is 13.8. The molecule has 0 aliphatic carbocycles. The molecule has 11 heteroatoms. The largest absolute Gasteiger partial charge is 0.390 e. The van der Waals surface area contributed by atoms with Gasteiger partial charge in [-0.2, -0.15) is 0 Å². The van der Waals surface area contributed by atoms with Crippen LogP contribution in [-0.2, 0) is 33.2 Å². The monoisotopic (exact) mass is 706 g/mol. The van der Waals surface area contributed by atoms with Gasteiger partial charge in [0.2, 0.25) is 0 Å². The van der Waals surface area contributed by atoms with E-state index in [2.05, 4.69) is 6.08 Å². The van der Waals surface area contributed by atoms with Crippen LogP contribution in [-0.4, -0.2) is 123 Å². The van der Waals surface area contributed by atoms with Crippen LogP contribution in [0.15, 0.2) is 23.3 Å². The van der Waals surface area contributed by atoms with Crippen molar-refractivity contribution >= 4 is 6.29 Å². The number of rotatable bonds is 7. The highest BCUT2D eigenvalue weighted by Crippen LogP contribution is 2.48. The first kappa shape index (κ1) is 38.5. The van der Waals surface area contributed by atoms with Crippen LogP contribution < -0.4 is 0 Å². The molecule has 0 saturated carbocycles. The summed E-state index contributed by atoms with van der Waals surface area (Å²) in [5.41, 5.74) is -0.285. The molecule has 0 bridgehead atoms. The topological polar surface area (TPSA) is 153 Å². The second-order valence-electron chi connectivity index (χ2n) is 17.0. The van der Waals surface area contributed by atoms with E-state index in [1.165, 1.54) is 0 Å². The SMILES string of the molecule is CC(=CC=O)C(C)=CCCC1OC2CC3OC(C)(CC4CC(O)C5OC6CC(O)C(C)OC6(C)CCC5O4)C(O)CCC3(C)OC2C(O)C1C. The molecule has 0 aromatic rings. The van der Waals surface area contributed by atoms with Gasteiger partial charge in [-0.05, 0) is 91.7 Å². The molecule has 6 saturated heterocycles. The maximum atomic E-state index is 11.6. The number of aldehydes is 1. The number of carbonyl (C=O) groups is 1. The van der Waals surface area contributed by atoms with Crippen molar-refractivity contribution < 1.29 is 53.6 Å². The molecule has 17 atom stereocenters. The third-order valence-electron chi connectivity index (χ3n) is 13.2. The number of allylic oxidation sites excluding steroid dienone is 4. The Labute approximate surface area is 297 Å². The lowest BCUT2D eigenvalue weighted by Crippen LogP contribution is -2.65. The molecule has 6 aliphatic heterocycles. The Hall–Kier alpha value is -1.25. The summed E-state index contributed by atoms with van der Waals surface area (Å²) in [6.07, 6.45) is 3.85. The summed E-state index contributed by atoms with van der Waals surface area (Å²) in [4.78, 5) is 10.9. The minimum Gasteiger partial charge on any atom is -0.390 e. The van der Waals surface area contributed by atoms with Crippen molar-refractivity contribution in [2.75, 3.05) is 0 Å². The lowest BCUT2D eigenvalue weighted by molar-refractivity contribution is -0.312. The maximum absolute atomic E-state index is 11.6. The summed E-state index contributed by atoms with van der Waals surface area (Å²) in [7, 11) is 0. The molecule has 0 radical (unpaired) electrons. The zero-order chi connectivity index (χ0) is 36.2. The number of hydrogen-bond donors (Lipinski definition) is 4. The first-order valence-corrected chi connectivity index (χ1v) is 19.1. The van der Waals surface area contributed by atoms with Crippen LogP contribution in [0.4, 0.5) is 0 Å². The van der Waals surface area contributed by atoms with E-state index in [0.29, 0.717) is 51.4 Å². The normalized spacial score (nSPS) is 51.7. The van der Waals surface area contributed by atoms with Crippen LogP contribution in [0.1, 0.15) is 113 Å². The Morgan fingerprint density at radius 3 is 2.24 bits per heavy atom. The van der Waals surface area contributed by atoms with Gasteiger partial charge in [0.05, 0.1) is 83.9 Å². The molecular weight excluding hydrogens is 644 g/mol. The van der Waals surface area contributed by atoms with Crippen molar-refractivity contribution in [3.05, 3.63) is 23.3 Å². The van der Waals surface area contributed by atoms with Crippen LogP contribution in [0.3, 0.4) is 0 Å². The minimum absolute atomic E-state index is 0.127. The fourth-order valence-corrected chi connectivity index (χ4v) is 9.55. The lowest BCUT2D eigenvalue weighted by atomic mass is 9.78. The number of aliphatic hydroxyl groups is 4. The number of carbonyl (C=O) groups excluding carboxylic acids is 1. The van der Waals surface area contributed by atoms with Crippen LogP contribution in [0.2, 0.25) is 0 Å². The van der Waals surface area contributed by atoms with Gasteiger partial charge in [-0.3, -0.25) is 4.79 Å². The van der Waals surface area contributed by atoms with Crippen LogP contribution >= 0.6 is 0 Å². The van der Waals surface area contributed by atoms with Gasteiger partial charge < -0.3 is 48.8 Å². The molecule has 0 spiro atoms. The third kappa shape index (κ3) is 7.56. The number of hydrogen-bond acceptors (Lipinski definition) is 11. The van der Waals surface area contributed by atoms with E-state index in [9.17, 15) is 25.2 Å². The summed E-state index contributed by atoms with van der Waals surface area (Å²) in [6, 6.07) is 0. The molecule has 6 rings (SSSR count). The number of ether oxygens (including phenoxy) is 6. The van der Waals surface area contributed by atoms with Crippen molar-refractivity contribution in [1.82, 2.24) is 0 Å². The Balaban J connectivity index is 1.12. The predicted molar refractivity (Wildman–Crippen MR) is 184 cm³/mol. The molecule has 4 N–H and O–H groups in total. The van der Waals surface area contributed by atoms with Crippen molar-refractivity contribution in [2.45, 2.75) is 209 Å². The quantitative estimate of drug-likeness (QED) is 0.174. The zero-order valence-electron chi connectivity index (χ0n) is 31.0. The van der Waals surface area contributed by atoms with Gasteiger partial charge in [0.15, 0.2) is 0 Å². The standard InChI is InChI=1S/C39H62O11/c1-21(22(2)13-16-40)9-8-10-28-23(3)34(44)36-30(46-28)19-33-38(6,50-36)15-12-31(43)39(7,49-33)20-25-17-27(42)35-29(45-25)11-14-37(5)32(47-35)18-26(41)24(4)48-37/h9,13,16,23-36,41-44H,8,10-12,14-15,17-20H2,1-7H3. The molecule has 0 aromatic heterocycles. The Kier molecular flexibility index (Phi) is 11.4. The molecule has 0 amide bonds. The second-order valence-corrected chi connectivity index (χ2v) is 17.0. The van der Waals surface area contributed by atoms with Crippen molar-refractivity contribution in [1.29, 1.82) is 0 Å². The average molecular weight is 707 g/mol. The molecule has 6 heterocycles. The highest BCUT2D eigenvalue weighted by Gasteiger charge is 2.58. The van der Waals surface area contributed by atoms with E-state index in [4.69, 9.17) is 28.4 Å². The predicted octanol–water partition coefficient (Wildman–Crippen LogP) is 3.85. The fraction of sp³-hybridized carbons (Fsp3) is 0.872. The van der Waals surface area contributed by atoms with Crippen LogP contribution in [0, 0.1) is 5.92 Å². The highest BCUT2D eigenvalue weighted by atomic mass is 16.6. The molecule has 50 heavy (non-hydrogen) atoms. The van der Waals surface area contributed by atoms with Crippen molar-refractivity contribution in [2.24, 2.45) is 5.92 Å². The fourth-order valence-electron chi connectivity index (χ4n) is 9.55. The first-order valence-electron chi connectivity index (χ1n) is 19.1. The second kappa shape index (κ2) is 14.9. The Morgan fingerprint density at radius 1 is 0.780 bits per heavy atom. The van der Waals surface area contributed by atoms with Crippen LogP contribution in [0.25, 0.3) is 0 Å². The number of aliphatic hydroxyl groups excluding tert-OH is 4. The number of fused-ring (bicyclic) bond motifs is 4. The average Bonchev–Trinajstić information content (AvgIpc) is 3.25. The summed E-state index contributed by atoms with van der Waals surface area (Å²) < 4.78 is 39.7. The smallest absolute Gasteiger partial charge is 0.143 e. The molecule has 6 aliphatic rings. The van der Waals surface area contributed by atoms with Crippen LogP contribution in [0.5, 0.6) is 0 Å². The van der Waals surface area contributed by atoms with E-state index in [-0.39, 0.29) is 48.6 Å². The molecule has 284 valence electrons. The van der Waals surface area contributed by atoms with E-state index < -0.39 is 53.4 Å². The molecule has 11 nitrogen and oxygen atoms in total. The molecule has 17 unspecified atom stereocenters. The minimum atomic E-state index is -0.973. The summed E-state index contributed by atoms with van der Waals surface area (Å²) >= 11 is 0. The lowest BCUT2D eigenvalue weighted by Gasteiger charge is -2.54. The van der Waals surface area contributed by atoms with Gasteiger partial charge in [0.1, 0.15) is 18.5 Å². The van der Waals surface area contributed by atoms with Crippen molar-refractivity contribution in [3.8, 4) is 0 Å². The highest BCUT2D eigenvalue weighted by molar-refractivity contribution is 5.67. The first-order chi connectivity index (χ1) is 23.6. The zero-order valence-corrected chi connectivity index (χ0v) is 31.0. The van der Waals surface area contributed by atoms with E-state index >= 15 is 0 Å². The third-order valence-corrected chi connectivity index (χ3v) is 13.2. The van der Waals surface area contributed by atoms with Gasteiger partial charge in [0, 0.05) is 31.6 Å². The van der Waals surface area contributed by atoms with Gasteiger partial charge in [0.25, 0.3) is 0 Å². The van der Waals surface area contributed by atoms with Gasteiger partial charge >= 0.3 is 0 Å². The molecular formula is C39H62O11. The van der Waals surface area contributed by atoms with Gasteiger partial charge in [-0.25, -0.2) is 0 Å². The van der Waals surface area contributed by atoms with Gasteiger partial charge in [-0.15, -0.1) is 0 Å². The summed E-state index contributed by atoms with van der Waals surface area (Å²) in [5, 5.41) is 45.0. The van der Waals surface area contributed by atoms with E-state index in [1.807, 2.05) is 48.5 Å². The molecule has 6 fully saturated rings. The van der Waals surface area contributed by atoms with Crippen molar-refractivity contribution in [3.63, 3.8) is 0 Å². The maximum Gasteiger partial charge on any atom is 0.143 e. The Morgan fingerprint density at radius 2 is 1.50 bits per heavy atom. The van der Waals surface area contributed by atoms with Gasteiger partial charge in [-0.1, -0.05) is 18.6 Å². The Bertz CT molecular complexity index is 1270.